The molecule has 0 heterocycles. The highest BCUT2D eigenvalue weighted by Gasteiger charge is 2.27. The lowest BCUT2D eigenvalue weighted by Gasteiger charge is -2.20. The quantitative estimate of drug-likeness (QED) is 0.0233. The zero-order valence-corrected chi connectivity index (χ0v) is 40.8. The van der Waals surface area contributed by atoms with Crippen LogP contribution in [-0.4, -0.2) is 60.5 Å². The van der Waals surface area contributed by atoms with E-state index >= 15 is 0 Å². The van der Waals surface area contributed by atoms with E-state index in [1.807, 2.05) is 6.08 Å². The number of ether oxygens (including phenoxy) is 2. The number of unbranched alkanes of at least 4 members (excludes halogenated alkanes) is 21. The molecule has 0 fully saturated rings. The maximum absolute atomic E-state index is 12.6. The molecule has 0 aliphatic rings. The van der Waals surface area contributed by atoms with Crippen molar-refractivity contribution < 1.29 is 42.7 Å². The Labute approximate surface area is 384 Å². The molecule has 0 amide bonds. The molecule has 0 aromatic carbocycles. The second-order valence-electron chi connectivity index (χ2n) is 16.6. The Bertz CT molecular complexity index is 1280. The predicted octanol–water partition coefficient (Wildman–Crippen LogP) is 14.5. The number of hydrogen-bond acceptors (Lipinski definition) is 8. The lowest BCUT2D eigenvalue weighted by Crippen LogP contribution is -2.34. The zero-order valence-electron chi connectivity index (χ0n) is 39.9. The lowest BCUT2D eigenvalue weighted by molar-refractivity contribution is -0.154. The van der Waals surface area contributed by atoms with Crippen molar-refractivity contribution in [3.05, 3.63) is 72.9 Å². The van der Waals surface area contributed by atoms with Gasteiger partial charge >= 0.3 is 19.8 Å². The fraction of sp³-hybridized carbons (Fsp3) is 0.731. The van der Waals surface area contributed by atoms with Crippen molar-refractivity contribution in [2.24, 2.45) is 5.73 Å². The summed E-state index contributed by atoms with van der Waals surface area (Å²) in [4.78, 5) is 33.6. The van der Waals surface area contributed by atoms with Gasteiger partial charge in [0.25, 0.3) is 0 Å². The first-order valence-electron chi connectivity index (χ1n) is 25.0. The van der Waals surface area contributed by atoms with Gasteiger partial charge in [0.05, 0.1) is 19.8 Å². The van der Waals surface area contributed by atoms with Crippen molar-refractivity contribution in [1.82, 2.24) is 0 Å². The lowest BCUT2D eigenvalue weighted by atomic mass is 10.0. The molecule has 0 aliphatic heterocycles. The summed E-state index contributed by atoms with van der Waals surface area (Å²) in [6.07, 6.45) is 59.8. The van der Waals surface area contributed by atoms with Crippen molar-refractivity contribution in [3.8, 4) is 0 Å². The topological polar surface area (TPSA) is 155 Å². The number of rotatable bonds is 47. The monoisotopic (exact) mass is 906 g/mol. The third-order valence-electron chi connectivity index (χ3n) is 10.5. The van der Waals surface area contributed by atoms with Crippen molar-refractivity contribution >= 4 is 19.8 Å². The minimum atomic E-state index is -4.64. The Hall–Kier alpha value is -2.59. The number of allylic oxidation sites excluding steroid dienone is 12. The van der Waals surface area contributed by atoms with E-state index in [0.29, 0.717) is 19.4 Å². The van der Waals surface area contributed by atoms with E-state index in [2.05, 4.69) is 80.7 Å². The molecule has 11 heteroatoms. The Kier molecular flexibility index (Phi) is 45.4. The van der Waals surface area contributed by atoms with Crippen LogP contribution in [0, 0.1) is 0 Å². The smallest absolute Gasteiger partial charge is 0.472 e. The molecule has 0 radical (unpaired) electrons. The first kappa shape index (κ1) is 60.4. The first-order chi connectivity index (χ1) is 30.7. The molecular formula is C52H92NO9P. The normalized spacial score (nSPS) is 14.3. The zero-order chi connectivity index (χ0) is 46.2. The van der Waals surface area contributed by atoms with Gasteiger partial charge in [-0.25, -0.2) is 4.57 Å². The average Bonchev–Trinajstić information content (AvgIpc) is 3.26. The van der Waals surface area contributed by atoms with Crippen molar-refractivity contribution in [1.29, 1.82) is 0 Å². The Morgan fingerprint density at radius 3 is 1.40 bits per heavy atom. The van der Waals surface area contributed by atoms with Crippen LogP contribution in [0.5, 0.6) is 0 Å². The highest BCUT2D eigenvalue weighted by atomic mass is 31.2. The Morgan fingerprint density at radius 2 is 0.921 bits per heavy atom. The van der Waals surface area contributed by atoms with Crippen LogP contribution in [0.25, 0.3) is 0 Å². The molecule has 3 atom stereocenters. The molecule has 364 valence electrons. The van der Waals surface area contributed by atoms with Gasteiger partial charge in [0, 0.05) is 13.0 Å². The number of hydrogen-bond donors (Lipinski definition) is 3. The Morgan fingerprint density at radius 1 is 0.524 bits per heavy atom. The maximum atomic E-state index is 12.6. The van der Waals surface area contributed by atoms with Crippen LogP contribution < -0.4 is 5.73 Å². The standard InChI is InChI=1S/C52H92NO9P/c1-3-5-7-9-11-13-15-17-19-21-22-23-24-25-26-27-29-31-33-35-37-39-41-43-45-59-46-49(47-60-63(57,58)61-48-50(53)52(55)56)62-51(54)44-42-40-38-36-34-32-30-28-20-18-16-14-12-10-8-6-4-2/h6,8,12,14,18,20-22,30,32,36,38,49-50H,3-5,7,9-11,13,15-17,19,23-29,31,33-35,37,39-48,53H2,1-2H3,(H,55,56)(H,57,58)/b8-6-,14-12-,20-18-,22-21-,32-30-,38-36-. The predicted molar refractivity (Wildman–Crippen MR) is 263 cm³/mol. The summed E-state index contributed by atoms with van der Waals surface area (Å²) >= 11 is 0. The second kappa shape index (κ2) is 47.4. The van der Waals surface area contributed by atoms with Gasteiger partial charge < -0.3 is 25.2 Å². The highest BCUT2D eigenvalue weighted by molar-refractivity contribution is 7.47. The fourth-order valence-corrected chi connectivity index (χ4v) is 7.41. The van der Waals surface area contributed by atoms with Crippen LogP contribution in [0.15, 0.2) is 72.9 Å². The van der Waals surface area contributed by atoms with Gasteiger partial charge in [-0.3, -0.25) is 18.6 Å². The molecular weight excluding hydrogens is 814 g/mol. The van der Waals surface area contributed by atoms with Gasteiger partial charge in [-0.2, -0.15) is 0 Å². The molecule has 0 aromatic heterocycles. The fourth-order valence-electron chi connectivity index (χ4n) is 6.63. The van der Waals surface area contributed by atoms with E-state index in [0.717, 1.165) is 51.4 Å². The van der Waals surface area contributed by atoms with E-state index in [1.165, 1.54) is 122 Å². The molecule has 0 aromatic rings. The average molecular weight is 906 g/mol. The van der Waals surface area contributed by atoms with Gasteiger partial charge in [0.1, 0.15) is 12.1 Å². The van der Waals surface area contributed by atoms with Gasteiger partial charge in [-0.05, 0) is 77.0 Å². The second-order valence-corrected chi connectivity index (χ2v) is 18.0. The molecule has 0 saturated heterocycles. The molecule has 10 nitrogen and oxygen atoms in total. The number of phosphoric ester groups is 1. The number of phosphoric acid groups is 1. The number of esters is 1. The van der Waals surface area contributed by atoms with Crippen molar-refractivity contribution in [2.45, 2.75) is 219 Å². The summed E-state index contributed by atoms with van der Waals surface area (Å²) in [5.41, 5.74) is 5.36. The first-order valence-corrected chi connectivity index (χ1v) is 26.5. The van der Waals surface area contributed by atoms with Crippen molar-refractivity contribution in [3.63, 3.8) is 0 Å². The van der Waals surface area contributed by atoms with Crippen LogP contribution >= 0.6 is 7.82 Å². The number of aliphatic carboxylic acids is 1. The van der Waals surface area contributed by atoms with Crippen LogP contribution in [0.2, 0.25) is 0 Å². The highest BCUT2D eigenvalue weighted by Crippen LogP contribution is 2.43. The van der Waals surface area contributed by atoms with Crippen LogP contribution in [0.3, 0.4) is 0 Å². The van der Waals surface area contributed by atoms with E-state index < -0.39 is 45.1 Å². The molecule has 0 saturated carbocycles. The molecule has 0 rings (SSSR count). The number of carbonyl (C=O) groups is 2. The third-order valence-corrected chi connectivity index (χ3v) is 11.4. The maximum Gasteiger partial charge on any atom is 0.472 e. The number of carboxylic acid groups (broad SMARTS) is 1. The summed E-state index contributed by atoms with van der Waals surface area (Å²) in [5, 5.41) is 8.92. The number of carbonyl (C=O) groups excluding carboxylic acids is 1. The van der Waals surface area contributed by atoms with Crippen LogP contribution in [0.1, 0.15) is 206 Å². The van der Waals surface area contributed by atoms with Gasteiger partial charge in [0.15, 0.2) is 0 Å². The SMILES string of the molecule is CC/C=C\C/C=C\C/C=C\C/C=C\C/C=C\CCCC(=O)OC(COCCCCCCCCCCCCCC/C=C\CCCCCCCCCC)COP(=O)(O)OCC(N)C(=O)O. The molecule has 0 bridgehead atoms. The molecule has 3 unspecified atom stereocenters. The number of carboxylic acids is 1. The summed E-state index contributed by atoms with van der Waals surface area (Å²) in [6.45, 7) is 3.71. The van der Waals surface area contributed by atoms with E-state index in [9.17, 15) is 19.0 Å². The van der Waals surface area contributed by atoms with Gasteiger partial charge in [-0.15, -0.1) is 0 Å². The van der Waals surface area contributed by atoms with E-state index in [-0.39, 0.29) is 13.0 Å². The van der Waals surface area contributed by atoms with Crippen molar-refractivity contribution in [2.75, 3.05) is 26.4 Å². The summed E-state index contributed by atoms with van der Waals surface area (Å²) < 4.78 is 33.4. The van der Waals surface area contributed by atoms with E-state index in [1.54, 1.807) is 0 Å². The molecule has 63 heavy (non-hydrogen) atoms. The van der Waals surface area contributed by atoms with E-state index in [4.69, 9.17) is 29.4 Å². The molecule has 4 N–H and O–H groups in total. The largest absolute Gasteiger partial charge is 0.480 e. The minimum absolute atomic E-state index is 0.00872. The van der Waals surface area contributed by atoms with Crippen LogP contribution in [-0.2, 0) is 32.7 Å². The molecule has 0 aliphatic carbocycles. The number of nitrogens with two attached hydrogens (primary N) is 1. The van der Waals surface area contributed by atoms with Gasteiger partial charge in [0.2, 0.25) is 0 Å². The summed E-state index contributed by atoms with van der Waals surface area (Å²) in [6, 6.07) is -1.49. The minimum Gasteiger partial charge on any atom is -0.480 e. The van der Waals surface area contributed by atoms with Gasteiger partial charge in [-0.1, -0.05) is 196 Å². The van der Waals surface area contributed by atoms with Crippen LogP contribution in [0.4, 0.5) is 0 Å². The Balaban J connectivity index is 4.19. The summed E-state index contributed by atoms with van der Waals surface area (Å²) in [7, 11) is -4.64. The summed E-state index contributed by atoms with van der Waals surface area (Å²) in [5.74, 6) is -1.84. The molecule has 0 spiro atoms. The third kappa shape index (κ3) is 47.2.